The van der Waals surface area contributed by atoms with Gasteiger partial charge in [0.05, 0.1) is 12.8 Å². The standard InChI is InChI=1S/C27H31N7O4/c1-17(13-23(35)29-22-14-21(31-32(22)2)18-9-10-24(38-3)28-15-18)26(36)30-25-20-8-5-4-7-19(20)16-33-11-6-12-34(33)27(25)37/h4-5,7-10,14-15,17,25H,6,11-13,16H2,1-3H3,(H,29,35)(H,30,36)/t17-,25+/m1/s1. The minimum atomic E-state index is -0.787. The Kier molecular flexibility index (Phi) is 7.10. The second-order valence-electron chi connectivity index (χ2n) is 9.62. The van der Waals surface area contributed by atoms with Gasteiger partial charge in [0.15, 0.2) is 0 Å². The van der Waals surface area contributed by atoms with E-state index in [9.17, 15) is 14.4 Å². The van der Waals surface area contributed by atoms with Gasteiger partial charge in [-0.3, -0.25) is 24.1 Å². The highest BCUT2D eigenvalue weighted by atomic mass is 16.5. The maximum atomic E-state index is 13.4. The molecule has 11 heteroatoms. The van der Waals surface area contributed by atoms with Crippen LogP contribution in [0, 0.1) is 5.92 Å². The van der Waals surface area contributed by atoms with Crippen LogP contribution in [0.3, 0.4) is 0 Å². The normalized spacial score (nSPS) is 17.8. The summed E-state index contributed by atoms with van der Waals surface area (Å²) in [6.45, 7) is 3.76. The molecule has 0 saturated carbocycles. The second kappa shape index (κ2) is 10.6. The largest absolute Gasteiger partial charge is 0.481 e. The number of carbonyl (C=O) groups excluding carboxylic acids is 3. The zero-order chi connectivity index (χ0) is 26.8. The number of hydrazine groups is 1. The summed E-state index contributed by atoms with van der Waals surface area (Å²) in [5, 5.41) is 14.0. The minimum Gasteiger partial charge on any atom is -0.481 e. The van der Waals surface area contributed by atoms with E-state index in [1.165, 1.54) is 0 Å². The van der Waals surface area contributed by atoms with Gasteiger partial charge in [-0.2, -0.15) is 5.10 Å². The molecule has 2 aliphatic rings. The summed E-state index contributed by atoms with van der Waals surface area (Å²) in [6, 6.07) is 12.2. The van der Waals surface area contributed by atoms with Crippen LogP contribution in [0.4, 0.5) is 5.82 Å². The highest BCUT2D eigenvalue weighted by Crippen LogP contribution is 2.30. The molecular formula is C27H31N7O4. The molecule has 0 spiro atoms. The molecule has 1 saturated heterocycles. The number of benzene rings is 1. The van der Waals surface area contributed by atoms with Crippen LogP contribution >= 0.6 is 0 Å². The first kappa shape index (κ1) is 25.4. The van der Waals surface area contributed by atoms with Gasteiger partial charge in [-0.05, 0) is 23.6 Å². The van der Waals surface area contributed by atoms with Crippen LogP contribution in [-0.2, 0) is 28.0 Å². The zero-order valence-electron chi connectivity index (χ0n) is 21.7. The number of hydrogen-bond acceptors (Lipinski definition) is 7. The monoisotopic (exact) mass is 517 g/mol. The van der Waals surface area contributed by atoms with Crippen LogP contribution in [0.25, 0.3) is 11.3 Å². The number of methoxy groups -OCH3 is 1. The highest BCUT2D eigenvalue weighted by molar-refractivity contribution is 5.95. The van der Waals surface area contributed by atoms with Crippen molar-refractivity contribution in [1.29, 1.82) is 0 Å². The molecule has 0 aliphatic carbocycles. The third-order valence-corrected chi connectivity index (χ3v) is 6.96. The quantitative estimate of drug-likeness (QED) is 0.493. The van der Waals surface area contributed by atoms with Crippen molar-refractivity contribution in [1.82, 2.24) is 30.1 Å². The fourth-order valence-corrected chi connectivity index (χ4v) is 4.88. The fraction of sp³-hybridized carbons (Fsp3) is 0.370. The number of rotatable bonds is 7. The molecule has 2 aliphatic heterocycles. The fourth-order valence-electron chi connectivity index (χ4n) is 4.88. The van der Waals surface area contributed by atoms with Gasteiger partial charge in [0.25, 0.3) is 5.91 Å². The van der Waals surface area contributed by atoms with Gasteiger partial charge in [0.1, 0.15) is 11.9 Å². The van der Waals surface area contributed by atoms with Gasteiger partial charge in [0.2, 0.25) is 17.7 Å². The summed E-state index contributed by atoms with van der Waals surface area (Å²) in [5.41, 5.74) is 3.23. The van der Waals surface area contributed by atoms with Crippen molar-refractivity contribution < 1.29 is 19.1 Å². The van der Waals surface area contributed by atoms with Crippen molar-refractivity contribution in [3.05, 3.63) is 59.8 Å². The Labute approximate surface area is 220 Å². The number of nitrogens with zero attached hydrogens (tertiary/aromatic N) is 5. The maximum absolute atomic E-state index is 13.4. The van der Waals surface area contributed by atoms with Gasteiger partial charge in [-0.1, -0.05) is 31.2 Å². The number of aryl methyl sites for hydroxylation is 1. The predicted octanol–water partition coefficient (Wildman–Crippen LogP) is 2.28. The Bertz CT molecular complexity index is 1350. The van der Waals surface area contributed by atoms with E-state index >= 15 is 0 Å². The number of fused-ring (bicyclic) bond motifs is 2. The molecule has 38 heavy (non-hydrogen) atoms. The molecule has 1 aromatic carbocycles. The van der Waals surface area contributed by atoms with Crippen LogP contribution in [0.5, 0.6) is 5.88 Å². The number of hydrogen-bond donors (Lipinski definition) is 2. The molecule has 3 amide bonds. The third-order valence-electron chi connectivity index (χ3n) is 6.96. The third kappa shape index (κ3) is 5.10. The molecule has 5 rings (SSSR count). The number of nitrogens with one attached hydrogen (secondary N) is 2. The van der Waals surface area contributed by atoms with Crippen molar-refractivity contribution in [2.45, 2.75) is 32.4 Å². The molecule has 3 aromatic rings. The van der Waals surface area contributed by atoms with E-state index in [-0.39, 0.29) is 24.1 Å². The smallest absolute Gasteiger partial charge is 0.264 e. The summed E-state index contributed by atoms with van der Waals surface area (Å²) in [5.74, 6) is -0.476. The zero-order valence-corrected chi connectivity index (χ0v) is 21.7. The molecule has 0 radical (unpaired) electrons. The number of aromatic nitrogens is 3. The Morgan fingerprint density at radius 2 is 2.00 bits per heavy atom. The van der Waals surface area contributed by atoms with Gasteiger partial charge < -0.3 is 15.4 Å². The summed E-state index contributed by atoms with van der Waals surface area (Å²) in [7, 11) is 3.27. The van der Waals surface area contributed by atoms with Crippen LogP contribution in [0.1, 0.15) is 36.9 Å². The van der Waals surface area contributed by atoms with E-state index < -0.39 is 12.0 Å². The molecule has 0 unspecified atom stereocenters. The second-order valence-corrected chi connectivity index (χ2v) is 9.62. The Morgan fingerprint density at radius 3 is 2.76 bits per heavy atom. The summed E-state index contributed by atoms with van der Waals surface area (Å²) in [4.78, 5) is 43.5. The van der Waals surface area contributed by atoms with E-state index in [1.807, 2.05) is 35.3 Å². The van der Waals surface area contributed by atoms with Gasteiger partial charge in [0, 0.05) is 62.9 Å². The lowest BCUT2D eigenvalue weighted by molar-refractivity contribution is -0.148. The van der Waals surface area contributed by atoms with Crippen molar-refractivity contribution in [3.63, 3.8) is 0 Å². The van der Waals surface area contributed by atoms with Crippen LogP contribution in [0.15, 0.2) is 48.7 Å². The van der Waals surface area contributed by atoms with Gasteiger partial charge in [-0.25, -0.2) is 9.99 Å². The molecule has 2 aromatic heterocycles. The van der Waals surface area contributed by atoms with Gasteiger partial charge >= 0.3 is 0 Å². The first-order valence-electron chi connectivity index (χ1n) is 12.6. The maximum Gasteiger partial charge on any atom is 0.264 e. The van der Waals surface area contributed by atoms with Crippen molar-refractivity contribution in [2.75, 3.05) is 25.5 Å². The SMILES string of the molecule is COc1ccc(-c2cc(NC(=O)C[C@@H](C)C(=O)N[C@@H]3C(=O)N4CCCN4Cc4ccccc43)n(C)n2)cn1. The number of amides is 3. The van der Waals surface area contributed by atoms with Crippen molar-refractivity contribution in [2.24, 2.45) is 13.0 Å². The van der Waals surface area contributed by atoms with Crippen LogP contribution in [-0.4, -0.2) is 62.7 Å². The Balaban J connectivity index is 1.24. The van der Waals surface area contributed by atoms with E-state index in [2.05, 4.69) is 20.7 Å². The Hall–Kier alpha value is -4.25. The molecule has 0 bridgehead atoms. The first-order valence-corrected chi connectivity index (χ1v) is 12.6. The average molecular weight is 518 g/mol. The lowest BCUT2D eigenvalue weighted by atomic mass is 9.98. The van der Waals surface area contributed by atoms with Crippen LogP contribution in [0.2, 0.25) is 0 Å². The van der Waals surface area contributed by atoms with E-state index in [1.54, 1.807) is 49.1 Å². The summed E-state index contributed by atoms with van der Waals surface area (Å²) >= 11 is 0. The molecule has 11 nitrogen and oxygen atoms in total. The molecule has 2 atom stereocenters. The van der Waals surface area contributed by atoms with E-state index in [0.29, 0.717) is 30.5 Å². The van der Waals surface area contributed by atoms with Crippen molar-refractivity contribution in [3.8, 4) is 17.1 Å². The molecule has 2 N–H and O–H groups in total. The molecule has 4 heterocycles. The van der Waals surface area contributed by atoms with E-state index in [4.69, 9.17) is 4.74 Å². The Morgan fingerprint density at radius 1 is 1.18 bits per heavy atom. The van der Waals surface area contributed by atoms with E-state index in [0.717, 1.165) is 29.7 Å². The summed E-state index contributed by atoms with van der Waals surface area (Å²) < 4.78 is 6.65. The lowest BCUT2D eigenvalue weighted by Gasteiger charge is -2.28. The molecule has 1 fully saturated rings. The summed E-state index contributed by atoms with van der Waals surface area (Å²) in [6.07, 6.45) is 2.50. The molecular weight excluding hydrogens is 486 g/mol. The number of anilines is 1. The predicted molar refractivity (Wildman–Crippen MR) is 139 cm³/mol. The van der Waals surface area contributed by atoms with Crippen molar-refractivity contribution >= 4 is 23.5 Å². The number of carbonyl (C=O) groups is 3. The molecule has 198 valence electrons. The van der Waals surface area contributed by atoms with Crippen LogP contribution < -0.4 is 15.4 Å². The minimum absolute atomic E-state index is 0.0468. The number of ether oxygens (including phenoxy) is 1. The lowest BCUT2D eigenvalue weighted by Crippen LogP contribution is -2.46. The highest BCUT2D eigenvalue weighted by Gasteiger charge is 2.38. The topological polar surface area (TPSA) is 122 Å². The van der Waals surface area contributed by atoms with Gasteiger partial charge in [-0.15, -0.1) is 0 Å². The average Bonchev–Trinajstić information content (AvgIpc) is 3.51. The number of pyridine rings is 1. The first-order chi connectivity index (χ1) is 18.3.